The van der Waals surface area contributed by atoms with Gasteiger partial charge in [-0.1, -0.05) is 12.1 Å². The van der Waals surface area contributed by atoms with E-state index in [0.29, 0.717) is 10.4 Å². The molecule has 1 N–H and O–H groups in total. The summed E-state index contributed by atoms with van der Waals surface area (Å²) in [5, 5.41) is 5.62. The average Bonchev–Trinajstić information content (AvgIpc) is 3.21. The van der Waals surface area contributed by atoms with Crippen LogP contribution < -0.4 is 5.32 Å². The second-order valence-electron chi connectivity index (χ2n) is 5.06. The van der Waals surface area contributed by atoms with Crippen molar-refractivity contribution in [3.05, 3.63) is 57.2 Å². The molecule has 0 atom stereocenters. The third kappa shape index (κ3) is 4.55. The number of ether oxygens (including phenoxy) is 1. The molecule has 3 rings (SSSR count). The Balaban J connectivity index is 1.58. The topological polar surface area (TPSA) is 81.4 Å². The number of aryl methyl sites for hydroxylation is 1. The lowest BCUT2D eigenvalue weighted by molar-refractivity contribution is -0.119. The Hall–Kier alpha value is -2.45. The van der Waals surface area contributed by atoms with E-state index in [1.54, 1.807) is 23.5 Å². The number of halogens is 1. The third-order valence-corrected chi connectivity index (χ3v) is 4.37. The van der Waals surface area contributed by atoms with Crippen LogP contribution in [0.1, 0.15) is 15.6 Å². The van der Waals surface area contributed by atoms with Gasteiger partial charge in [-0.15, -0.1) is 11.3 Å². The molecule has 2 aromatic heterocycles. The van der Waals surface area contributed by atoms with Crippen molar-refractivity contribution in [1.29, 1.82) is 0 Å². The van der Waals surface area contributed by atoms with Gasteiger partial charge >= 0.3 is 5.97 Å². The van der Waals surface area contributed by atoms with E-state index < -0.39 is 18.5 Å². The van der Waals surface area contributed by atoms with Crippen molar-refractivity contribution in [1.82, 2.24) is 4.98 Å². The first-order valence-corrected chi connectivity index (χ1v) is 8.93. The zero-order valence-electron chi connectivity index (χ0n) is 13.1. The van der Waals surface area contributed by atoms with Crippen molar-refractivity contribution in [2.24, 2.45) is 0 Å². The van der Waals surface area contributed by atoms with Gasteiger partial charge in [0.25, 0.3) is 5.91 Å². The minimum atomic E-state index is -0.701. The summed E-state index contributed by atoms with van der Waals surface area (Å²) in [5.74, 6) is -1.11. The van der Waals surface area contributed by atoms with Crippen LogP contribution in [0.25, 0.3) is 11.3 Å². The lowest BCUT2D eigenvalue weighted by Gasteiger charge is -2.07. The van der Waals surface area contributed by atoms with Crippen LogP contribution in [0.15, 0.2) is 50.9 Å². The van der Waals surface area contributed by atoms with Crippen molar-refractivity contribution in [3.8, 4) is 11.3 Å². The number of anilines is 1. The molecule has 0 fully saturated rings. The van der Waals surface area contributed by atoms with Gasteiger partial charge in [0.2, 0.25) is 5.76 Å². The quantitative estimate of drug-likeness (QED) is 0.623. The number of carbonyl (C=O) groups excluding carboxylic acids is 2. The molecule has 0 aliphatic heterocycles. The number of nitrogens with zero attached hydrogens (tertiary/aromatic N) is 1. The summed E-state index contributed by atoms with van der Waals surface area (Å²) < 4.78 is 10.4. The number of rotatable bonds is 5. The van der Waals surface area contributed by atoms with Gasteiger partial charge in [-0.2, -0.15) is 0 Å². The number of carbonyl (C=O) groups is 2. The number of aromatic nitrogens is 1. The molecular weight excluding hydrogens is 408 g/mol. The zero-order chi connectivity index (χ0) is 17.8. The number of esters is 1. The number of nitrogens with one attached hydrogen (secondary N) is 1. The van der Waals surface area contributed by atoms with E-state index in [9.17, 15) is 9.59 Å². The monoisotopic (exact) mass is 420 g/mol. The summed E-state index contributed by atoms with van der Waals surface area (Å²) in [7, 11) is 0. The summed E-state index contributed by atoms with van der Waals surface area (Å²) in [6.45, 7) is 1.53. The average molecular weight is 421 g/mol. The zero-order valence-corrected chi connectivity index (χ0v) is 15.5. The second kappa shape index (κ2) is 7.62. The number of hydrogen-bond donors (Lipinski definition) is 1. The number of amides is 1. The van der Waals surface area contributed by atoms with E-state index in [2.05, 4.69) is 26.2 Å². The fourth-order valence-corrected chi connectivity index (χ4v) is 3.00. The lowest BCUT2D eigenvalue weighted by atomic mass is 10.1. The summed E-state index contributed by atoms with van der Waals surface area (Å²) in [6, 6.07) is 10.3. The molecule has 0 saturated heterocycles. The van der Waals surface area contributed by atoms with E-state index in [-0.39, 0.29) is 5.76 Å². The van der Waals surface area contributed by atoms with Crippen molar-refractivity contribution in [3.63, 3.8) is 0 Å². The third-order valence-electron chi connectivity index (χ3n) is 3.17. The Bertz CT molecular complexity index is 919. The molecule has 0 saturated carbocycles. The maximum absolute atomic E-state index is 12.0. The van der Waals surface area contributed by atoms with Gasteiger partial charge in [0.15, 0.2) is 11.3 Å². The number of benzene rings is 1. The van der Waals surface area contributed by atoms with Crippen molar-refractivity contribution in [2.45, 2.75) is 6.92 Å². The Labute approximate surface area is 156 Å². The van der Waals surface area contributed by atoms with Crippen LogP contribution in [0, 0.1) is 6.92 Å². The van der Waals surface area contributed by atoms with Gasteiger partial charge in [0, 0.05) is 16.6 Å². The molecule has 1 aromatic carbocycles. The van der Waals surface area contributed by atoms with Crippen LogP contribution >= 0.6 is 27.3 Å². The van der Waals surface area contributed by atoms with Crippen LogP contribution in [0.2, 0.25) is 0 Å². The molecule has 25 heavy (non-hydrogen) atoms. The minimum Gasteiger partial charge on any atom is -0.450 e. The molecule has 0 aliphatic carbocycles. The first kappa shape index (κ1) is 17.4. The fourth-order valence-electron chi connectivity index (χ4n) is 2.08. The molecule has 0 radical (unpaired) electrons. The molecule has 0 aliphatic rings. The van der Waals surface area contributed by atoms with E-state index in [1.165, 1.54) is 6.07 Å². The highest BCUT2D eigenvalue weighted by molar-refractivity contribution is 9.10. The normalized spacial score (nSPS) is 10.5. The van der Waals surface area contributed by atoms with Gasteiger partial charge in [-0.05, 0) is 47.1 Å². The molecule has 0 unspecified atom stereocenters. The minimum absolute atomic E-state index is 0.0283. The molecule has 3 aromatic rings. The van der Waals surface area contributed by atoms with Crippen molar-refractivity contribution < 1.29 is 18.7 Å². The predicted molar refractivity (Wildman–Crippen MR) is 97.6 cm³/mol. The highest BCUT2D eigenvalue weighted by atomic mass is 79.9. The van der Waals surface area contributed by atoms with E-state index in [0.717, 1.165) is 16.3 Å². The summed E-state index contributed by atoms with van der Waals surface area (Å²) in [6.07, 6.45) is 0. The van der Waals surface area contributed by atoms with Gasteiger partial charge in [0.1, 0.15) is 0 Å². The van der Waals surface area contributed by atoms with Crippen LogP contribution in [0.4, 0.5) is 5.69 Å². The van der Waals surface area contributed by atoms with Crippen LogP contribution in [-0.4, -0.2) is 23.5 Å². The Morgan fingerprint density at radius 2 is 2.16 bits per heavy atom. The summed E-state index contributed by atoms with van der Waals surface area (Å²) >= 11 is 4.66. The van der Waals surface area contributed by atoms with Gasteiger partial charge < -0.3 is 14.5 Å². The predicted octanol–water partition coefficient (Wildman–Crippen LogP) is 4.27. The van der Waals surface area contributed by atoms with E-state index in [4.69, 9.17) is 9.15 Å². The lowest BCUT2D eigenvalue weighted by Crippen LogP contribution is -2.20. The highest BCUT2D eigenvalue weighted by Crippen LogP contribution is 2.24. The molecule has 2 heterocycles. The van der Waals surface area contributed by atoms with E-state index >= 15 is 0 Å². The molecule has 0 bridgehead atoms. The van der Waals surface area contributed by atoms with Crippen molar-refractivity contribution in [2.75, 3.05) is 11.9 Å². The highest BCUT2D eigenvalue weighted by Gasteiger charge is 2.14. The van der Waals surface area contributed by atoms with Crippen molar-refractivity contribution >= 4 is 44.8 Å². The Kier molecular flexibility index (Phi) is 5.30. The first-order valence-electron chi connectivity index (χ1n) is 7.26. The summed E-state index contributed by atoms with van der Waals surface area (Å²) in [4.78, 5) is 28.1. The second-order valence-corrected chi connectivity index (χ2v) is 6.90. The summed E-state index contributed by atoms with van der Waals surface area (Å²) in [5.41, 5.74) is 2.36. The van der Waals surface area contributed by atoms with Gasteiger partial charge in [-0.3, -0.25) is 4.79 Å². The standard InChI is InChI=1S/C17H13BrN2O4S/c1-10-19-13(9-25-10)11-3-2-4-12(7-11)20-16(21)8-23-17(22)14-5-6-15(18)24-14/h2-7,9H,8H2,1H3,(H,20,21). The molecule has 8 heteroatoms. The van der Waals surface area contributed by atoms with Crippen LogP contribution in [-0.2, 0) is 9.53 Å². The molecular formula is C17H13BrN2O4S. The maximum atomic E-state index is 12.0. The number of thiazole rings is 1. The van der Waals surface area contributed by atoms with Gasteiger partial charge in [0.05, 0.1) is 10.7 Å². The number of hydrogen-bond acceptors (Lipinski definition) is 6. The van der Waals surface area contributed by atoms with Crippen LogP contribution in [0.3, 0.4) is 0 Å². The Morgan fingerprint density at radius 1 is 1.32 bits per heavy atom. The Morgan fingerprint density at radius 3 is 2.84 bits per heavy atom. The van der Waals surface area contributed by atoms with E-state index in [1.807, 2.05) is 30.5 Å². The largest absolute Gasteiger partial charge is 0.450 e. The van der Waals surface area contributed by atoms with Gasteiger partial charge in [-0.25, -0.2) is 9.78 Å². The maximum Gasteiger partial charge on any atom is 0.374 e. The molecule has 128 valence electrons. The number of furan rings is 1. The first-order chi connectivity index (χ1) is 12.0. The van der Waals surface area contributed by atoms with Crippen LogP contribution in [0.5, 0.6) is 0 Å². The molecule has 1 amide bonds. The molecule has 0 spiro atoms. The smallest absolute Gasteiger partial charge is 0.374 e. The molecule has 6 nitrogen and oxygen atoms in total. The fraction of sp³-hybridized carbons (Fsp3) is 0.118. The SMILES string of the molecule is Cc1nc(-c2cccc(NC(=O)COC(=O)c3ccc(Br)o3)c2)cs1.